The molecule has 2 rings (SSSR count). The lowest BCUT2D eigenvalue weighted by atomic mass is 9.90. The summed E-state index contributed by atoms with van der Waals surface area (Å²) in [5.74, 6) is 1.02. The van der Waals surface area contributed by atoms with E-state index in [9.17, 15) is 0 Å². The zero-order valence-electron chi connectivity index (χ0n) is 10.3. The van der Waals surface area contributed by atoms with Gasteiger partial charge >= 0.3 is 0 Å². The van der Waals surface area contributed by atoms with E-state index in [0.29, 0.717) is 12.1 Å². The van der Waals surface area contributed by atoms with Crippen molar-refractivity contribution in [2.45, 2.75) is 70.5 Å². The molecule has 0 heterocycles. The second kappa shape index (κ2) is 4.84. The van der Waals surface area contributed by atoms with Gasteiger partial charge in [0.1, 0.15) is 0 Å². The number of hydrogen-bond donors (Lipinski definition) is 1. The molecule has 2 aliphatic carbocycles. The average Bonchev–Trinajstić information content (AvgIpc) is 2.99. The first-order valence-electron chi connectivity index (χ1n) is 6.68. The zero-order valence-corrected chi connectivity index (χ0v) is 10.3. The van der Waals surface area contributed by atoms with Crippen molar-refractivity contribution in [1.29, 1.82) is 0 Å². The minimum Gasteiger partial charge on any atom is -0.328 e. The normalized spacial score (nSPS) is 32.6. The van der Waals surface area contributed by atoms with Crippen LogP contribution >= 0.6 is 0 Å². The predicted molar refractivity (Wildman–Crippen MR) is 64.8 cm³/mol. The van der Waals surface area contributed by atoms with E-state index in [1.165, 1.54) is 45.1 Å². The monoisotopic (exact) mass is 210 g/mol. The molecule has 2 fully saturated rings. The van der Waals surface area contributed by atoms with Gasteiger partial charge in [0.15, 0.2) is 0 Å². The summed E-state index contributed by atoms with van der Waals surface area (Å²) in [6.45, 7) is 6.03. The molecule has 2 heteroatoms. The molecule has 0 bridgehead atoms. The molecule has 0 radical (unpaired) electrons. The molecule has 0 atom stereocenters. The van der Waals surface area contributed by atoms with Crippen LogP contribution in [0.5, 0.6) is 0 Å². The van der Waals surface area contributed by atoms with Gasteiger partial charge in [-0.25, -0.2) is 0 Å². The van der Waals surface area contributed by atoms with Gasteiger partial charge in [-0.2, -0.15) is 0 Å². The molecule has 0 aromatic heterocycles. The van der Waals surface area contributed by atoms with Gasteiger partial charge in [-0.05, 0) is 58.3 Å². The highest BCUT2D eigenvalue weighted by Crippen LogP contribution is 2.33. The summed E-state index contributed by atoms with van der Waals surface area (Å²) in [5, 5.41) is 0. The molecule has 0 aromatic rings. The van der Waals surface area contributed by atoms with Crippen LogP contribution < -0.4 is 5.73 Å². The van der Waals surface area contributed by atoms with Gasteiger partial charge in [0, 0.05) is 24.7 Å². The van der Waals surface area contributed by atoms with Crippen LogP contribution in [0.3, 0.4) is 0 Å². The Balaban J connectivity index is 1.85. The van der Waals surface area contributed by atoms with Crippen LogP contribution in [0.15, 0.2) is 0 Å². The van der Waals surface area contributed by atoms with Crippen LogP contribution in [0.4, 0.5) is 0 Å². The van der Waals surface area contributed by atoms with Gasteiger partial charge in [-0.3, -0.25) is 4.90 Å². The van der Waals surface area contributed by atoms with E-state index < -0.39 is 0 Å². The van der Waals surface area contributed by atoms with Gasteiger partial charge in [0.2, 0.25) is 0 Å². The Kier molecular flexibility index (Phi) is 3.68. The lowest BCUT2D eigenvalue weighted by Crippen LogP contribution is -2.45. The molecule has 0 spiro atoms. The average molecular weight is 210 g/mol. The van der Waals surface area contributed by atoms with Crippen molar-refractivity contribution in [1.82, 2.24) is 4.90 Å². The molecule has 15 heavy (non-hydrogen) atoms. The van der Waals surface area contributed by atoms with Crippen LogP contribution in [0.1, 0.15) is 52.4 Å². The minimum absolute atomic E-state index is 0.483. The van der Waals surface area contributed by atoms with Crippen molar-refractivity contribution >= 4 is 0 Å². The summed E-state index contributed by atoms with van der Waals surface area (Å²) in [6, 6.07) is 2.02. The summed E-state index contributed by atoms with van der Waals surface area (Å²) >= 11 is 0. The topological polar surface area (TPSA) is 29.3 Å². The molecule has 2 aliphatic rings. The fraction of sp³-hybridized carbons (Fsp3) is 1.00. The van der Waals surface area contributed by atoms with Crippen molar-refractivity contribution in [2.24, 2.45) is 11.7 Å². The SMILES string of the molecule is CC(C)N(CC1CC1)C1CCC(N)CC1. The Morgan fingerprint density at radius 1 is 1.07 bits per heavy atom. The standard InChI is InChI=1S/C13H26N2/c1-10(2)15(9-11-3-4-11)13-7-5-12(14)6-8-13/h10-13H,3-9,14H2,1-2H3. The highest BCUT2D eigenvalue weighted by atomic mass is 15.2. The maximum Gasteiger partial charge on any atom is 0.00992 e. The summed E-state index contributed by atoms with van der Waals surface area (Å²) in [7, 11) is 0. The molecule has 2 saturated carbocycles. The van der Waals surface area contributed by atoms with Crippen molar-refractivity contribution in [3.05, 3.63) is 0 Å². The molecular weight excluding hydrogens is 184 g/mol. The quantitative estimate of drug-likeness (QED) is 0.772. The van der Waals surface area contributed by atoms with Gasteiger partial charge in [0.25, 0.3) is 0 Å². The van der Waals surface area contributed by atoms with Crippen LogP contribution in [0.2, 0.25) is 0 Å². The number of rotatable bonds is 4. The van der Waals surface area contributed by atoms with Gasteiger partial charge < -0.3 is 5.73 Å². The fourth-order valence-electron chi connectivity index (χ4n) is 2.81. The first kappa shape index (κ1) is 11.4. The third kappa shape index (κ3) is 3.18. The Morgan fingerprint density at radius 3 is 2.13 bits per heavy atom. The number of nitrogens with two attached hydrogens (primary N) is 1. The molecule has 0 unspecified atom stereocenters. The highest BCUT2D eigenvalue weighted by Gasteiger charge is 2.31. The molecule has 0 amide bonds. The summed E-state index contributed by atoms with van der Waals surface area (Å²) in [6.07, 6.45) is 8.06. The van der Waals surface area contributed by atoms with E-state index in [2.05, 4.69) is 18.7 Å². The number of hydrogen-bond acceptors (Lipinski definition) is 2. The maximum absolute atomic E-state index is 5.97. The zero-order chi connectivity index (χ0) is 10.8. The Labute approximate surface area is 94.2 Å². The lowest BCUT2D eigenvalue weighted by Gasteiger charge is -2.38. The molecule has 0 saturated heterocycles. The summed E-state index contributed by atoms with van der Waals surface area (Å²) in [4.78, 5) is 2.74. The molecule has 0 aromatic carbocycles. The van der Waals surface area contributed by atoms with Gasteiger partial charge in [-0.15, -0.1) is 0 Å². The Bertz CT molecular complexity index is 191. The van der Waals surface area contributed by atoms with E-state index in [1.54, 1.807) is 0 Å². The van der Waals surface area contributed by atoms with Crippen LogP contribution in [-0.4, -0.2) is 29.6 Å². The van der Waals surface area contributed by atoms with Crippen molar-refractivity contribution in [3.8, 4) is 0 Å². The van der Waals surface area contributed by atoms with Gasteiger partial charge in [-0.1, -0.05) is 0 Å². The van der Waals surface area contributed by atoms with E-state index in [4.69, 9.17) is 5.73 Å². The van der Waals surface area contributed by atoms with Gasteiger partial charge in [0.05, 0.1) is 0 Å². The van der Waals surface area contributed by atoms with E-state index in [0.717, 1.165) is 12.0 Å². The van der Waals surface area contributed by atoms with Crippen LogP contribution in [0, 0.1) is 5.92 Å². The molecule has 2 nitrogen and oxygen atoms in total. The first-order chi connectivity index (χ1) is 7.16. The molecular formula is C13H26N2. The maximum atomic E-state index is 5.97. The molecule has 0 aliphatic heterocycles. The summed E-state index contributed by atoms with van der Waals surface area (Å²) < 4.78 is 0. The van der Waals surface area contributed by atoms with E-state index >= 15 is 0 Å². The second-order valence-corrected chi connectivity index (χ2v) is 5.80. The Morgan fingerprint density at radius 2 is 1.67 bits per heavy atom. The fourth-order valence-corrected chi connectivity index (χ4v) is 2.81. The Hall–Kier alpha value is -0.0800. The number of nitrogens with zero attached hydrogens (tertiary/aromatic N) is 1. The highest BCUT2D eigenvalue weighted by molar-refractivity contribution is 4.86. The summed E-state index contributed by atoms with van der Waals surface area (Å²) in [5.41, 5.74) is 5.97. The first-order valence-corrected chi connectivity index (χ1v) is 6.68. The van der Waals surface area contributed by atoms with Crippen molar-refractivity contribution < 1.29 is 0 Å². The minimum atomic E-state index is 0.483. The van der Waals surface area contributed by atoms with Crippen LogP contribution in [-0.2, 0) is 0 Å². The van der Waals surface area contributed by atoms with Crippen molar-refractivity contribution in [2.75, 3.05) is 6.54 Å². The molecule has 2 N–H and O–H groups in total. The predicted octanol–water partition coefficient (Wildman–Crippen LogP) is 2.38. The van der Waals surface area contributed by atoms with Crippen molar-refractivity contribution in [3.63, 3.8) is 0 Å². The van der Waals surface area contributed by atoms with Crippen LogP contribution in [0.25, 0.3) is 0 Å². The second-order valence-electron chi connectivity index (χ2n) is 5.80. The largest absolute Gasteiger partial charge is 0.328 e. The third-order valence-electron chi connectivity index (χ3n) is 4.04. The smallest absolute Gasteiger partial charge is 0.00992 e. The van der Waals surface area contributed by atoms with E-state index in [-0.39, 0.29) is 0 Å². The lowest BCUT2D eigenvalue weighted by molar-refractivity contribution is 0.110. The van der Waals surface area contributed by atoms with E-state index in [1.807, 2.05) is 0 Å². The third-order valence-corrected chi connectivity index (χ3v) is 4.04. The molecule has 88 valence electrons.